The summed E-state index contributed by atoms with van der Waals surface area (Å²) in [5.41, 5.74) is 0.865. The van der Waals surface area contributed by atoms with Gasteiger partial charge in [-0.05, 0) is 18.2 Å². The predicted molar refractivity (Wildman–Crippen MR) is 97.6 cm³/mol. The van der Waals surface area contributed by atoms with Gasteiger partial charge in [0.15, 0.2) is 6.61 Å². The van der Waals surface area contributed by atoms with Crippen molar-refractivity contribution in [2.24, 2.45) is 0 Å². The Balaban J connectivity index is 1.63. The van der Waals surface area contributed by atoms with Gasteiger partial charge in [-0.2, -0.15) is 0 Å². The first kappa shape index (κ1) is 18.9. The minimum Gasteiger partial charge on any atom is -0.496 e. The number of rotatable bonds is 9. The molecular formula is C19H21NO4S. The monoisotopic (exact) mass is 359 g/mol. The minimum absolute atomic E-state index is 0.263. The van der Waals surface area contributed by atoms with Crippen molar-refractivity contribution >= 4 is 23.6 Å². The van der Waals surface area contributed by atoms with Crippen LogP contribution in [-0.4, -0.2) is 31.3 Å². The molecule has 2 aromatic carbocycles. The van der Waals surface area contributed by atoms with Gasteiger partial charge in [-0.25, -0.2) is 0 Å². The molecule has 2 rings (SSSR count). The number of carbonyl (C=O) groups excluding carboxylic acids is 2. The number of para-hydroxylation sites is 1. The fourth-order valence-corrected chi connectivity index (χ4v) is 2.94. The van der Waals surface area contributed by atoms with E-state index in [-0.39, 0.29) is 24.9 Å². The first-order chi connectivity index (χ1) is 12.2. The first-order valence-electron chi connectivity index (χ1n) is 7.91. The Hall–Kier alpha value is -2.47. The second-order valence-electron chi connectivity index (χ2n) is 5.16. The number of nitrogens with one attached hydrogen (secondary N) is 1. The Morgan fingerprint density at radius 3 is 2.52 bits per heavy atom. The smallest absolute Gasteiger partial charge is 0.307 e. The third kappa shape index (κ3) is 6.89. The van der Waals surface area contributed by atoms with Crippen molar-refractivity contribution in [3.63, 3.8) is 0 Å². The topological polar surface area (TPSA) is 64.6 Å². The molecule has 0 heterocycles. The highest BCUT2D eigenvalue weighted by Gasteiger charge is 2.09. The van der Waals surface area contributed by atoms with E-state index in [2.05, 4.69) is 5.32 Å². The molecule has 0 aliphatic rings. The Kier molecular flexibility index (Phi) is 7.85. The number of carbonyl (C=O) groups is 2. The van der Waals surface area contributed by atoms with Gasteiger partial charge in [-0.3, -0.25) is 9.59 Å². The number of hydrogen-bond acceptors (Lipinski definition) is 5. The number of esters is 1. The second kappa shape index (κ2) is 10.4. The van der Waals surface area contributed by atoms with Gasteiger partial charge in [0.2, 0.25) is 0 Å². The van der Waals surface area contributed by atoms with Crippen molar-refractivity contribution in [1.29, 1.82) is 0 Å². The molecule has 2 aromatic rings. The van der Waals surface area contributed by atoms with Crippen LogP contribution in [0.25, 0.3) is 0 Å². The molecule has 0 radical (unpaired) electrons. The Morgan fingerprint density at radius 2 is 1.76 bits per heavy atom. The zero-order chi connectivity index (χ0) is 17.9. The summed E-state index contributed by atoms with van der Waals surface area (Å²) in [7, 11) is 1.58. The maximum Gasteiger partial charge on any atom is 0.307 e. The van der Waals surface area contributed by atoms with Crippen LogP contribution in [0.2, 0.25) is 0 Å². The van der Waals surface area contributed by atoms with E-state index in [1.807, 2.05) is 54.6 Å². The normalized spacial score (nSPS) is 10.1. The molecule has 0 aliphatic carbocycles. The number of amides is 1. The Bertz CT molecular complexity index is 691. The van der Waals surface area contributed by atoms with E-state index in [1.54, 1.807) is 18.9 Å². The quantitative estimate of drug-likeness (QED) is 0.551. The maximum atomic E-state index is 11.8. The number of thioether (sulfide) groups is 1. The van der Waals surface area contributed by atoms with E-state index in [9.17, 15) is 9.59 Å². The fourth-order valence-electron chi connectivity index (χ4n) is 2.08. The summed E-state index contributed by atoms with van der Waals surface area (Å²) >= 11 is 1.58. The summed E-state index contributed by atoms with van der Waals surface area (Å²) in [5, 5.41) is 2.71. The first-order valence-corrected chi connectivity index (χ1v) is 8.89. The Morgan fingerprint density at radius 1 is 1.04 bits per heavy atom. The number of hydrogen-bond donors (Lipinski definition) is 1. The highest BCUT2D eigenvalue weighted by atomic mass is 32.2. The van der Waals surface area contributed by atoms with Crippen LogP contribution in [0.5, 0.6) is 5.75 Å². The SMILES string of the molecule is COc1ccccc1CNC(=O)COC(=O)CCSc1ccccc1. The predicted octanol–water partition coefficient (Wildman–Crippen LogP) is 3.04. The van der Waals surface area contributed by atoms with Crippen LogP contribution in [0.4, 0.5) is 0 Å². The Labute approximate surface area is 151 Å². The van der Waals surface area contributed by atoms with E-state index >= 15 is 0 Å². The lowest BCUT2D eigenvalue weighted by Gasteiger charge is -2.10. The average molecular weight is 359 g/mol. The van der Waals surface area contributed by atoms with Crippen molar-refractivity contribution in [2.75, 3.05) is 19.5 Å². The van der Waals surface area contributed by atoms with Gasteiger partial charge < -0.3 is 14.8 Å². The van der Waals surface area contributed by atoms with Gasteiger partial charge >= 0.3 is 5.97 Å². The summed E-state index contributed by atoms with van der Waals surface area (Å²) < 4.78 is 10.2. The molecule has 0 saturated carbocycles. The fraction of sp³-hybridized carbons (Fsp3) is 0.263. The van der Waals surface area contributed by atoms with E-state index in [0.29, 0.717) is 18.0 Å². The highest BCUT2D eigenvalue weighted by Crippen LogP contribution is 2.18. The van der Waals surface area contributed by atoms with Crippen LogP contribution in [0.1, 0.15) is 12.0 Å². The summed E-state index contributed by atoms with van der Waals surface area (Å²) in [6, 6.07) is 17.2. The van der Waals surface area contributed by atoms with Gasteiger partial charge in [0, 0.05) is 22.8 Å². The number of methoxy groups -OCH3 is 1. The van der Waals surface area contributed by atoms with Gasteiger partial charge in [-0.15, -0.1) is 11.8 Å². The van der Waals surface area contributed by atoms with Crippen LogP contribution in [0.3, 0.4) is 0 Å². The van der Waals surface area contributed by atoms with Gasteiger partial charge in [-0.1, -0.05) is 36.4 Å². The third-order valence-corrected chi connectivity index (χ3v) is 4.36. The van der Waals surface area contributed by atoms with Crippen LogP contribution in [0.15, 0.2) is 59.5 Å². The van der Waals surface area contributed by atoms with Crippen LogP contribution in [0, 0.1) is 0 Å². The van der Waals surface area contributed by atoms with E-state index in [4.69, 9.17) is 9.47 Å². The molecule has 0 aliphatic heterocycles. The van der Waals surface area contributed by atoms with E-state index in [1.165, 1.54) is 0 Å². The van der Waals surface area contributed by atoms with Crippen LogP contribution < -0.4 is 10.1 Å². The molecule has 25 heavy (non-hydrogen) atoms. The molecule has 0 atom stereocenters. The standard InChI is InChI=1S/C19H21NO4S/c1-23-17-10-6-5-7-15(17)13-20-18(21)14-24-19(22)11-12-25-16-8-3-2-4-9-16/h2-10H,11-14H2,1H3,(H,20,21). The molecule has 0 fully saturated rings. The van der Waals surface area contributed by atoms with Crippen molar-refractivity contribution in [1.82, 2.24) is 5.32 Å². The molecule has 0 saturated heterocycles. The van der Waals surface area contributed by atoms with Crippen LogP contribution >= 0.6 is 11.8 Å². The molecule has 0 spiro atoms. The van der Waals surface area contributed by atoms with Gasteiger partial charge in [0.25, 0.3) is 5.91 Å². The van der Waals surface area contributed by atoms with Crippen molar-refractivity contribution in [2.45, 2.75) is 17.9 Å². The molecular weight excluding hydrogens is 338 g/mol. The van der Waals surface area contributed by atoms with Crippen LogP contribution in [-0.2, 0) is 20.9 Å². The lowest BCUT2D eigenvalue weighted by molar-refractivity contribution is -0.148. The summed E-state index contributed by atoms with van der Waals surface area (Å²) in [5.74, 6) is 0.606. The largest absolute Gasteiger partial charge is 0.496 e. The summed E-state index contributed by atoms with van der Waals surface area (Å²) in [4.78, 5) is 24.6. The molecule has 132 valence electrons. The molecule has 1 N–H and O–H groups in total. The number of ether oxygens (including phenoxy) is 2. The number of benzene rings is 2. The van der Waals surface area contributed by atoms with Crippen molar-refractivity contribution < 1.29 is 19.1 Å². The van der Waals surface area contributed by atoms with Gasteiger partial charge in [0.05, 0.1) is 13.5 Å². The second-order valence-corrected chi connectivity index (χ2v) is 6.33. The van der Waals surface area contributed by atoms with Gasteiger partial charge in [0.1, 0.15) is 5.75 Å². The summed E-state index contributed by atoms with van der Waals surface area (Å²) in [6.45, 7) is 0.0498. The van der Waals surface area contributed by atoms with E-state index in [0.717, 1.165) is 10.5 Å². The highest BCUT2D eigenvalue weighted by molar-refractivity contribution is 7.99. The zero-order valence-electron chi connectivity index (χ0n) is 14.1. The molecule has 5 nitrogen and oxygen atoms in total. The average Bonchev–Trinajstić information content (AvgIpc) is 2.65. The molecule has 1 amide bonds. The molecule has 0 bridgehead atoms. The minimum atomic E-state index is -0.379. The lowest BCUT2D eigenvalue weighted by atomic mass is 10.2. The molecule has 6 heteroatoms. The molecule has 0 aromatic heterocycles. The molecule has 0 unspecified atom stereocenters. The van der Waals surface area contributed by atoms with Crippen molar-refractivity contribution in [3.05, 3.63) is 60.2 Å². The zero-order valence-corrected chi connectivity index (χ0v) is 14.9. The summed E-state index contributed by atoms with van der Waals surface area (Å²) in [6.07, 6.45) is 0.263. The van der Waals surface area contributed by atoms with E-state index < -0.39 is 0 Å². The lowest BCUT2D eigenvalue weighted by Crippen LogP contribution is -2.28. The maximum absolute atomic E-state index is 11.8. The van der Waals surface area contributed by atoms with Crippen molar-refractivity contribution in [3.8, 4) is 5.75 Å². The third-order valence-electron chi connectivity index (χ3n) is 3.35.